The van der Waals surface area contributed by atoms with E-state index in [2.05, 4.69) is 5.32 Å². The summed E-state index contributed by atoms with van der Waals surface area (Å²) in [5, 5.41) is 3.57. The third kappa shape index (κ3) is 4.78. The number of benzene rings is 1. The van der Waals surface area contributed by atoms with Crippen molar-refractivity contribution < 1.29 is 13.9 Å². The number of carbonyl (C=O) groups excluding carboxylic acids is 1. The molecule has 2 rings (SSSR count). The first-order valence-electron chi connectivity index (χ1n) is 7.55. The highest BCUT2D eigenvalue weighted by atomic mass is 35.5. The quantitative estimate of drug-likeness (QED) is 0.642. The molecule has 0 saturated heterocycles. The number of anilines is 1. The van der Waals surface area contributed by atoms with Crippen molar-refractivity contribution in [2.75, 3.05) is 4.90 Å². The highest BCUT2D eigenvalue weighted by molar-refractivity contribution is 7.80. The number of esters is 1. The molecule has 1 N–H and O–H groups in total. The number of hydrogen-bond donors (Lipinski definition) is 1. The van der Waals surface area contributed by atoms with Gasteiger partial charge < -0.3 is 15.0 Å². The second-order valence-electron chi connectivity index (χ2n) is 5.85. The molecular weight excluding hydrogens is 339 g/mol. The highest BCUT2D eigenvalue weighted by Gasteiger charge is 2.31. The topological polar surface area (TPSA) is 41.6 Å². The van der Waals surface area contributed by atoms with Gasteiger partial charge in [0.15, 0.2) is 5.11 Å². The lowest BCUT2D eigenvalue weighted by atomic mass is 10.2. The molecule has 0 bridgehead atoms. The Morgan fingerprint density at radius 2 is 2.09 bits per heavy atom. The number of ether oxygens (including phenoxy) is 1. The van der Waals surface area contributed by atoms with Crippen LogP contribution >= 0.6 is 23.8 Å². The van der Waals surface area contributed by atoms with E-state index in [1.165, 1.54) is 12.1 Å². The van der Waals surface area contributed by atoms with Gasteiger partial charge in [0.05, 0.1) is 11.1 Å². The summed E-state index contributed by atoms with van der Waals surface area (Å²) in [4.78, 5) is 13.9. The van der Waals surface area contributed by atoms with Crippen LogP contribution in [0.4, 0.5) is 10.1 Å². The van der Waals surface area contributed by atoms with Crippen LogP contribution in [0.5, 0.6) is 0 Å². The molecule has 1 aromatic carbocycles. The first-order chi connectivity index (χ1) is 10.8. The molecule has 0 spiro atoms. The van der Waals surface area contributed by atoms with Crippen LogP contribution in [0.15, 0.2) is 18.2 Å². The predicted molar refractivity (Wildman–Crippen MR) is 93.3 cm³/mol. The zero-order chi connectivity index (χ0) is 17.1. The van der Waals surface area contributed by atoms with Crippen LogP contribution in [0.25, 0.3) is 0 Å². The summed E-state index contributed by atoms with van der Waals surface area (Å²) < 4.78 is 18.7. The first kappa shape index (κ1) is 17.9. The van der Waals surface area contributed by atoms with E-state index in [0.717, 1.165) is 12.8 Å². The number of nitrogens with one attached hydrogen (secondary N) is 1. The van der Waals surface area contributed by atoms with Crippen molar-refractivity contribution in [3.63, 3.8) is 0 Å². The molecule has 23 heavy (non-hydrogen) atoms. The third-order valence-corrected chi connectivity index (χ3v) is 3.99. The van der Waals surface area contributed by atoms with Crippen LogP contribution in [0.2, 0.25) is 5.02 Å². The van der Waals surface area contributed by atoms with Gasteiger partial charge in [0.25, 0.3) is 0 Å². The average Bonchev–Trinajstić information content (AvgIpc) is 3.26. The van der Waals surface area contributed by atoms with Gasteiger partial charge in [0.1, 0.15) is 11.9 Å². The Morgan fingerprint density at radius 1 is 1.43 bits per heavy atom. The molecule has 0 heterocycles. The zero-order valence-corrected chi connectivity index (χ0v) is 14.9. The first-order valence-corrected chi connectivity index (χ1v) is 8.33. The number of halogens is 2. The number of hydrogen-bond acceptors (Lipinski definition) is 3. The van der Waals surface area contributed by atoms with Crippen LogP contribution < -0.4 is 10.2 Å². The van der Waals surface area contributed by atoms with Gasteiger partial charge in [-0.1, -0.05) is 11.6 Å². The van der Waals surface area contributed by atoms with E-state index in [4.69, 9.17) is 28.6 Å². The van der Waals surface area contributed by atoms with Crippen LogP contribution in [-0.2, 0) is 9.53 Å². The van der Waals surface area contributed by atoms with E-state index in [-0.39, 0.29) is 11.1 Å². The van der Waals surface area contributed by atoms with Gasteiger partial charge in [-0.05, 0) is 64.0 Å². The van der Waals surface area contributed by atoms with Crippen molar-refractivity contribution in [3.05, 3.63) is 29.0 Å². The monoisotopic (exact) mass is 358 g/mol. The van der Waals surface area contributed by atoms with Gasteiger partial charge in [0, 0.05) is 11.7 Å². The van der Waals surface area contributed by atoms with Gasteiger partial charge in [-0.25, -0.2) is 9.18 Å². The largest absolute Gasteiger partial charge is 0.461 e. The molecular formula is C16H20ClFN2O2S. The zero-order valence-electron chi connectivity index (χ0n) is 13.3. The minimum Gasteiger partial charge on any atom is -0.461 e. The van der Waals surface area contributed by atoms with Crippen molar-refractivity contribution >= 4 is 40.6 Å². The fourth-order valence-electron chi connectivity index (χ4n) is 2.06. The molecule has 126 valence electrons. The number of thiocarbonyl (C=S) groups is 1. The second kappa shape index (κ2) is 7.45. The van der Waals surface area contributed by atoms with Crippen LogP contribution in [0, 0.1) is 5.82 Å². The van der Waals surface area contributed by atoms with Crippen molar-refractivity contribution in [2.24, 2.45) is 0 Å². The summed E-state index contributed by atoms with van der Waals surface area (Å²) >= 11 is 11.3. The molecule has 0 radical (unpaired) electrons. The van der Waals surface area contributed by atoms with E-state index < -0.39 is 17.8 Å². The van der Waals surface area contributed by atoms with E-state index in [1.807, 2.05) is 0 Å². The van der Waals surface area contributed by atoms with Gasteiger partial charge in [-0.3, -0.25) is 0 Å². The maximum atomic E-state index is 13.4. The molecule has 0 aliphatic heterocycles. The minimum atomic E-state index is -0.655. The lowest BCUT2D eigenvalue weighted by molar-refractivity contribution is -0.148. The fourth-order valence-corrected chi connectivity index (χ4v) is 2.66. The third-order valence-electron chi connectivity index (χ3n) is 3.39. The highest BCUT2D eigenvalue weighted by Crippen LogP contribution is 2.26. The molecule has 1 atom stereocenters. The fraction of sp³-hybridized carbons (Fsp3) is 0.500. The Bertz CT molecular complexity index is 608. The summed E-state index contributed by atoms with van der Waals surface area (Å²) in [7, 11) is 0. The Labute approximate surface area is 145 Å². The van der Waals surface area contributed by atoms with E-state index in [0.29, 0.717) is 16.8 Å². The smallest absolute Gasteiger partial charge is 0.329 e. The lowest BCUT2D eigenvalue weighted by Gasteiger charge is -2.31. The van der Waals surface area contributed by atoms with Crippen molar-refractivity contribution in [1.29, 1.82) is 0 Å². The second-order valence-corrected chi connectivity index (χ2v) is 6.65. The summed E-state index contributed by atoms with van der Waals surface area (Å²) in [5.74, 6) is -0.922. The van der Waals surface area contributed by atoms with Gasteiger partial charge >= 0.3 is 5.97 Å². The Balaban J connectivity index is 2.27. The molecule has 4 nitrogen and oxygen atoms in total. The molecule has 0 aromatic heterocycles. The number of carbonyl (C=O) groups is 1. The number of rotatable bonds is 5. The molecule has 7 heteroatoms. The van der Waals surface area contributed by atoms with E-state index >= 15 is 0 Å². The molecule has 1 aromatic rings. The van der Waals surface area contributed by atoms with Crippen molar-refractivity contribution in [2.45, 2.75) is 51.8 Å². The lowest BCUT2D eigenvalue weighted by Crippen LogP contribution is -2.50. The average molecular weight is 359 g/mol. The molecule has 0 unspecified atom stereocenters. The summed E-state index contributed by atoms with van der Waals surface area (Å²) in [5.41, 5.74) is 0.544. The molecule has 1 aliphatic rings. The summed E-state index contributed by atoms with van der Waals surface area (Å²) in [6.07, 6.45) is 1.86. The van der Waals surface area contributed by atoms with Gasteiger partial charge in [-0.15, -0.1) is 0 Å². The molecule has 0 amide bonds. The standard InChI is InChI=1S/C16H20ClFN2O2S/c1-9(2)22-15(21)10(3)20(16(23)19-11-4-5-11)12-6-7-14(18)13(17)8-12/h6-11H,4-5H2,1-3H3,(H,19,23)/t10-/m1/s1. The van der Waals surface area contributed by atoms with Crippen LogP contribution in [0.3, 0.4) is 0 Å². The van der Waals surface area contributed by atoms with Crippen molar-refractivity contribution in [3.8, 4) is 0 Å². The molecule has 1 saturated carbocycles. The SMILES string of the molecule is CC(C)OC(=O)[C@@H](C)N(C(=S)NC1CC1)c1ccc(F)c(Cl)c1. The van der Waals surface area contributed by atoms with Gasteiger partial charge in [-0.2, -0.15) is 0 Å². The minimum absolute atomic E-state index is 0.0221. The van der Waals surface area contributed by atoms with Crippen LogP contribution in [0.1, 0.15) is 33.6 Å². The van der Waals surface area contributed by atoms with E-state index in [1.54, 1.807) is 31.7 Å². The predicted octanol–water partition coefficient (Wildman–Crippen LogP) is 3.66. The maximum Gasteiger partial charge on any atom is 0.329 e. The maximum absolute atomic E-state index is 13.4. The molecule has 1 aliphatic carbocycles. The van der Waals surface area contributed by atoms with Crippen LogP contribution in [-0.4, -0.2) is 29.3 Å². The van der Waals surface area contributed by atoms with Gasteiger partial charge in [0.2, 0.25) is 0 Å². The Morgan fingerprint density at radius 3 is 2.61 bits per heavy atom. The number of nitrogens with zero attached hydrogens (tertiary/aromatic N) is 1. The Kier molecular flexibility index (Phi) is 5.81. The normalized spacial score (nSPS) is 15.2. The Hall–Kier alpha value is -1.40. The molecule has 1 fully saturated rings. The van der Waals surface area contributed by atoms with E-state index in [9.17, 15) is 9.18 Å². The van der Waals surface area contributed by atoms with Crippen molar-refractivity contribution in [1.82, 2.24) is 5.32 Å². The summed E-state index contributed by atoms with van der Waals surface area (Å²) in [6, 6.07) is 3.93. The summed E-state index contributed by atoms with van der Waals surface area (Å²) in [6.45, 7) is 5.26.